The second-order valence-electron chi connectivity index (χ2n) is 5.43. The lowest BCUT2D eigenvalue weighted by Crippen LogP contribution is -2.41. The molecule has 20 heavy (non-hydrogen) atoms. The molecule has 1 aliphatic rings. The summed E-state index contributed by atoms with van der Waals surface area (Å²) in [7, 11) is 2.07. The van der Waals surface area contributed by atoms with Gasteiger partial charge in [0.05, 0.1) is 0 Å². The molecule has 1 aliphatic heterocycles. The van der Waals surface area contributed by atoms with Gasteiger partial charge in [-0.2, -0.15) is 0 Å². The third-order valence-corrected chi connectivity index (χ3v) is 4.23. The summed E-state index contributed by atoms with van der Waals surface area (Å²) in [5.41, 5.74) is 4.02. The van der Waals surface area contributed by atoms with Crippen molar-refractivity contribution < 1.29 is 0 Å². The van der Waals surface area contributed by atoms with E-state index in [0.717, 1.165) is 13.1 Å². The van der Waals surface area contributed by atoms with E-state index in [-0.39, 0.29) is 0 Å². The van der Waals surface area contributed by atoms with Crippen molar-refractivity contribution in [3.05, 3.63) is 54.6 Å². The highest BCUT2D eigenvalue weighted by molar-refractivity contribution is 5.78. The molecule has 3 rings (SSSR count). The summed E-state index contributed by atoms with van der Waals surface area (Å²) in [6.45, 7) is 2.27. The Bertz CT molecular complexity index is 542. The summed E-state index contributed by atoms with van der Waals surface area (Å²) in [4.78, 5) is 2.52. The minimum atomic E-state index is 0.676. The molecule has 0 unspecified atom stereocenters. The third kappa shape index (κ3) is 2.70. The minimum absolute atomic E-state index is 0.676. The third-order valence-electron chi connectivity index (χ3n) is 4.23. The first kappa shape index (κ1) is 13.2. The quantitative estimate of drug-likeness (QED) is 0.914. The van der Waals surface area contributed by atoms with Crippen LogP contribution in [0.5, 0.6) is 0 Å². The van der Waals surface area contributed by atoms with E-state index in [9.17, 15) is 0 Å². The maximum Gasteiger partial charge on any atom is 0.0445 e. The number of hydrogen-bond donors (Lipinski definition) is 1. The van der Waals surface area contributed by atoms with Crippen molar-refractivity contribution in [2.45, 2.75) is 18.9 Å². The van der Waals surface area contributed by atoms with Crippen molar-refractivity contribution in [1.82, 2.24) is 5.32 Å². The molecule has 0 saturated carbocycles. The second kappa shape index (κ2) is 6.10. The van der Waals surface area contributed by atoms with Crippen LogP contribution in [0.15, 0.2) is 54.6 Å². The highest BCUT2D eigenvalue weighted by Crippen LogP contribution is 2.32. The molecule has 0 atom stereocenters. The van der Waals surface area contributed by atoms with Gasteiger partial charge in [-0.25, -0.2) is 0 Å². The molecule has 2 heteroatoms. The van der Waals surface area contributed by atoms with Crippen LogP contribution in [-0.2, 0) is 0 Å². The van der Waals surface area contributed by atoms with Gasteiger partial charge in [0.1, 0.15) is 0 Å². The Hall–Kier alpha value is -1.80. The lowest BCUT2D eigenvalue weighted by atomic mass is 9.99. The van der Waals surface area contributed by atoms with Gasteiger partial charge in [-0.3, -0.25) is 0 Å². The van der Waals surface area contributed by atoms with Crippen molar-refractivity contribution in [3.8, 4) is 11.1 Å². The van der Waals surface area contributed by atoms with Crippen LogP contribution in [0.1, 0.15) is 12.8 Å². The van der Waals surface area contributed by atoms with Crippen molar-refractivity contribution in [2.75, 3.05) is 25.0 Å². The number of rotatable bonds is 3. The summed E-state index contributed by atoms with van der Waals surface area (Å²) >= 11 is 0. The highest BCUT2D eigenvalue weighted by atomic mass is 15.1. The van der Waals surface area contributed by atoms with Crippen LogP contribution in [0.2, 0.25) is 0 Å². The smallest absolute Gasteiger partial charge is 0.0445 e. The van der Waals surface area contributed by atoms with E-state index in [0.29, 0.717) is 6.04 Å². The first-order valence-corrected chi connectivity index (χ1v) is 7.45. The standard InChI is InChI=1S/C18H22N2/c1-19-16-11-13-20(14-12-16)18-10-6-5-9-17(18)15-7-3-2-4-8-15/h2-10,16,19H,11-14H2,1H3. The average molecular weight is 266 g/mol. The van der Waals surface area contributed by atoms with Crippen LogP contribution in [0.3, 0.4) is 0 Å². The summed E-state index contributed by atoms with van der Waals surface area (Å²) in [6.07, 6.45) is 2.44. The van der Waals surface area contributed by atoms with E-state index in [2.05, 4.69) is 71.9 Å². The normalized spacial score (nSPS) is 16.4. The molecule has 1 heterocycles. The van der Waals surface area contributed by atoms with Crippen LogP contribution in [-0.4, -0.2) is 26.2 Å². The predicted octanol–water partition coefficient (Wildman–Crippen LogP) is 3.54. The Morgan fingerprint density at radius 3 is 2.25 bits per heavy atom. The number of piperidine rings is 1. The molecule has 1 fully saturated rings. The number of benzene rings is 2. The van der Waals surface area contributed by atoms with Crippen molar-refractivity contribution in [3.63, 3.8) is 0 Å². The van der Waals surface area contributed by atoms with Gasteiger partial charge in [0.2, 0.25) is 0 Å². The summed E-state index contributed by atoms with van der Waals surface area (Å²) in [5.74, 6) is 0. The maximum atomic E-state index is 3.40. The second-order valence-corrected chi connectivity index (χ2v) is 5.43. The molecule has 0 aliphatic carbocycles. The van der Waals surface area contributed by atoms with Crippen LogP contribution in [0.4, 0.5) is 5.69 Å². The fourth-order valence-corrected chi connectivity index (χ4v) is 3.02. The van der Waals surface area contributed by atoms with E-state index in [1.165, 1.54) is 29.7 Å². The predicted molar refractivity (Wildman–Crippen MR) is 86.2 cm³/mol. The summed E-state index contributed by atoms with van der Waals surface area (Å²) in [5, 5.41) is 3.40. The minimum Gasteiger partial charge on any atom is -0.371 e. The van der Waals surface area contributed by atoms with Crippen molar-refractivity contribution >= 4 is 5.69 Å². The zero-order valence-electron chi connectivity index (χ0n) is 12.0. The molecule has 104 valence electrons. The number of hydrogen-bond acceptors (Lipinski definition) is 2. The summed E-state index contributed by atoms with van der Waals surface area (Å²) in [6, 6.07) is 20.1. The molecule has 2 aromatic rings. The zero-order chi connectivity index (χ0) is 13.8. The largest absolute Gasteiger partial charge is 0.371 e. The highest BCUT2D eigenvalue weighted by Gasteiger charge is 2.19. The van der Waals surface area contributed by atoms with Gasteiger partial charge < -0.3 is 10.2 Å². The van der Waals surface area contributed by atoms with Gasteiger partial charge in [0.15, 0.2) is 0 Å². The first-order chi connectivity index (χ1) is 9.88. The van der Waals surface area contributed by atoms with Crippen LogP contribution in [0, 0.1) is 0 Å². The van der Waals surface area contributed by atoms with Crippen molar-refractivity contribution in [2.24, 2.45) is 0 Å². The molecular weight excluding hydrogens is 244 g/mol. The van der Waals surface area contributed by atoms with E-state index in [4.69, 9.17) is 0 Å². The lowest BCUT2D eigenvalue weighted by Gasteiger charge is -2.34. The fourth-order valence-electron chi connectivity index (χ4n) is 3.02. The molecule has 1 N–H and O–H groups in total. The summed E-state index contributed by atoms with van der Waals surface area (Å²) < 4.78 is 0. The number of para-hydroxylation sites is 1. The van der Waals surface area contributed by atoms with Crippen molar-refractivity contribution in [1.29, 1.82) is 0 Å². The molecular formula is C18H22N2. The SMILES string of the molecule is CNC1CCN(c2ccccc2-c2ccccc2)CC1. The van der Waals surface area contributed by atoms with Gasteiger partial charge in [0, 0.05) is 30.4 Å². The Labute approximate surface area is 121 Å². The maximum absolute atomic E-state index is 3.40. The molecule has 0 spiro atoms. The number of anilines is 1. The molecule has 0 aromatic heterocycles. The molecule has 0 amide bonds. The number of nitrogens with zero attached hydrogens (tertiary/aromatic N) is 1. The Morgan fingerprint density at radius 1 is 0.900 bits per heavy atom. The van der Waals surface area contributed by atoms with Gasteiger partial charge in [0.25, 0.3) is 0 Å². The molecule has 0 bridgehead atoms. The van der Waals surface area contributed by atoms with Gasteiger partial charge >= 0.3 is 0 Å². The lowest BCUT2D eigenvalue weighted by molar-refractivity contribution is 0.442. The van der Waals surface area contributed by atoms with Gasteiger partial charge in [-0.1, -0.05) is 48.5 Å². The van der Waals surface area contributed by atoms with Gasteiger partial charge in [-0.15, -0.1) is 0 Å². The van der Waals surface area contributed by atoms with Crippen LogP contribution < -0.4 is 10.2 Å². The molecule has 2 nitrogen and oxygen atoms in total. The van der Waals surface area contributed by atoms with Gasteiger partial charge in [-0.05, 0) is 31.5 Å². The Morgan fingerprint density at radius 2 is 1.55 bits per heavy atom. The average Bonchev–Trinajstić information content (AvgIpc) is 2.56. The monoisotopic (exact) mass is 266 g/mol. The first-order valence-electron chi connectivity index (χ1n) is 7.45. The topological polar surface area (TPSA) is 15.3 Å². The van der Waals surface area contributed by atoms with E-state index < -0.39 is 0 Å². The Kier molecular flexibility index (Phi) is 4.03. The fraction of sp³-hybridized carbons (Fsp3) is 0.333. The van der Waals surface area contributed by atoms with Crippen LogP contribution in [0.25, 0.3) is 11.1 Å². The van der Waals surface area contributed by atoms with E-state index in [1.54, 1.807) is 0 Å². The molecule has 0 radical (unpaired) electrons. The molecule has 2 aromatic carbocycles. The zero-order valence-corrected chi connectivity index (χ0v) is 12.0. The number of nitrogens with one attached hydrogen (secondary N) is 1. The Balaban J connectivity index is 1.87. The molecule has 1 saturated heterocycles. The van der Waals surface area contributed by atoms with E-state index in [1.807, 2.05) is 0 Å². The van der Waals surface area contributed by atoms with E-state index >= 15 is 0 Å². The van der Waals surface area contributed by atoms with Crippen LogP contribution >= 0.6 is 0 Å².